The van der Waals surface area contributed by atoms with Gasteiger partial charge in [-0.05, 0) is 43.2 Å². The van der Waals surface area contributed by atoms with Gasteiger partial charge < -0.3 is 15.8 Å². The van der Waals surface area contributed by atoms with E-state index in [0.29, 0.717) is 5.02 Å². The molecule has 29 heavy (non-hydrogen) atoms. The van der Waals surface area contributed by atoms with Crippen LogP contribution in [-0.4, -0.2) is 29.4 Å². The number of alkyl halides is 2. The van der Waals surface area contributed by atoms with Crippen molar-refractivity contribution in [3.05, 3.63) is 58.1 Å². The molecule has 3 atom stereocenters. The van der Waals surface area contributed by atoms with Gasteiger partial charge in [-0.1, -0.05) is 11.6 Å². The van der Waals surface area contributed by atoms with Crippen LogP contribution in [0.15, 0.2) is 35.5 Å². The minimum absolute atomic E-state index is 0.0667. The number of amides is 1. The Bertz CT molecular complexity index is 1020. The first kappa shape index (κ1) is 19.5. The minimum atomic E-state index is -3.02. The van der Waals surface area contributed by atoms with Crippen LogP contribution in [0, 0.1) is 18.7 Å². The first-order valence-electron chi connectivity index (χ1n) is 8.76. The summed E-state index contributed by atoms with van der Waals surface area (Å²) in [5.74, 6) is -2.12. The fourth-order valence-corrected chi connectivity index (χ4v) is 3.75. The number of nitrogens with one attached hydrogen (secondary N) is 1. The number of carbonyl (C=O) groups is 1. The van der Waals surface area contributed by atoms with Crippen molar-refractivity contribution in [2.45, 2.75) is 31.4 Å². The summed E-state index contributed by atoms with van der Waals surface area (Å²) in [6.07, 6.45) is -1.95. The Morgan fingerprint density at radius 3 is 2.83 bits per heavy atom. The first-order valence-corrected chi connectivity index (χ1v) is 9.14. The second kappa shape index (κ2) is 6.91. The normalized spacial score (nSPS) is 25.1. The summed E-state index contributed by atoms with van der Waals surface area (Å²) in [4.78, 5) is 20.2. The van der Waals surface area contributed by atoms with E-state index < -0.39 is 41.7 Å². The summed E-state index contributed by atoms with van der Waals surface area (Å²) >= 11 is 5.76. The number of amidine groups is 1. The zero-order chi connectivity index (χ0) is 20.9. The van der Waals surface area contributed by atoms with Crippen LogP contribution in [0.4, 0.5) is 18.9 Å². The Labute approximate surface area is 168 Å². The lowest BCUT2D eigenvalue weighted by atomic mass is 9.83. The number of aromatic nitrogens is 1. The van der Waals surface area contributed by atoms with E-state index in [4.69, 9.17) is 22.1 Å². The topological polar surface area (TPSA) is 89.6 Å². The smallest absolute Gasteiger partial charge is 0.283 e. The average molecular weight is 425 g/mol. The number of ether oxygens (including phenoxy) is 1. The van der Waals surface area contributed by atoms with Gasteiger partial charge in [-0.15, -0.1) is 0 Å². The fraction of sp³-hybridized carbons (Fsp3) is 0.316. The molecule has 1 saturated carbocycles. The van der Waals surface area contributed by atoms with Gasteiger partial charge in [0.1, 0.15) is 17.6 Å². The van der Waals surface area contributed by atoms with E-state index >= 15 is 0 Å². The quantitative estimate of drug-likeness (QED) is 0.784. The van der Waals surface area contributed by atoms with Crippen molar-refractivity contribution in [2.24, 2.45) is 16.6 Å². The van der Waals surface area contributed by atoms with Gasteiger partial charge in [-0.2, -0.15) is 0 Å². The molecule has 10 heteroatoms. The second-order valence-electron chi connectivity index (χ2n) is 7.05. The van der Waals surface area contributed by atoms with Crippen LogP contribution in [0.3, 0.4) is 0 Å². The highest BCUT2D eigenvalue weighted by molar-refractivity contribution is 6.30. The van der Waals surface area contributed by atoms with E-state index in [0.717, 1.165) is 0 Å². The van der Waals surface area contributed by atoms with Crippen LogP contribution in [0.1, 0.15) is 28.0 Å². The highest BCUT2D eigenvalue weighted by Crippen LogP contribution is 2.56. The van der Waals surface area contributed by atoms with Crippen LogP contribution in [0.25, 0.3) is 0 Å². The third-order valence-corrected chi connectivity index (χ3v) is 5.32. The predicted molar refractivity (Wildman–Crippen MR) is 101 cm³/mol. The van der Waals surface area contributed by atoms with Crippen molar-refractivity contribution in [1.82, 2.24) is 4.98 Å². The van der Waals surface area contributed by atoms with Gasteiger partial charge in [-0.25, -0.2) is 23.1 Å². The van der Waals surface area contributed by atoms with Gasteiger partial charge in [0.25, 0.3) is 18.4 Å². The lowest BCUT2D eigenvalue weighted by molar-refractivity contribution is 0.0176. The summed E-state index contributed by atoms with van der Waals surface area (Å²) in [6, 6.07) is 5.01. The van der Waals surface area contributed by atoms with Gasteiger partial charge >= 0.3 is 0 Å². The van der Waals surface area contributed by atoms with E-state index in [1.54, 1.807) is 0 Å². The highest BCUT2D eigenvalue weighted by atomic mass is 35.5. The zero-order valence-corrected chi connectivity index (χ0v) is 15.9. The maximum absolute atomic E-state index is 15.0. The number of pyridine rings is 1. The Kier molecular flexibility index (Phi) is 4.65. The molecule has 1 unspecified atom stereocenters. The third kappa shape index (κ3) is 3.29. The van der Waals surface area contributed by atoms with Crippen molar-refractivity contribution in [3.63, 3.8) is 0 Å². The van der Waals surface area contributed by atoms with Crippen LogP contribution < -0.4 is 11.1 Å². The van der Waals surface area contributed by atoms with E-state index in [1.807, 2.05) is 0 Å². The Morgan fingerprint density at radius 2 is 2.17 bits per heavy atom. The predicted octanol–water partition coefficient (Wildman–Crippen LogP) is 3.63. The van der Waals surface area contributed by atoms with E-state index in [1.165, 1.54) is 37.4 Å². The molecule has 0 radical (unpaired) electrons. The van der Waals surface area contributed by atoms with Gasteiger partial charge in [0.2, 0.25) is 0 Å². The van der Waals surface area contributed by atoms with Crippen molar-refractivity contribution in [3.8, 4) is 0 Å². The number of anilines is 1. The molecule has 1 aliphatic heterocycles. The number of rotatable bonds is 4. The third-order valence-electron chi connectivity index (χ3n) is 5.10. The number of halogens is 4. The van der Waals surface area contributed by atoms with Crippen LogP contribution in [-0.2, 0) is 10.3 Å². The monoisotopic (exact) mass is 424 g/mol. The summed E-state index contributed by atoms with van der Waals surface area (Å²) in [6.45, 7) is 1.42. The number of nitrogens with zero attached hydrogens (tertiary/aromatic N) is 2. The molecule has 1 aromatic carbocycles. The summed E-state index contributed by atoms with van der Waals surface area (Å²) < 4.78 is 48.6. The van der Waals surface area contributed by atoms with Gasteiger partial charge in [0, 0.05) is 23.4 Å². The Morgan fingerprint density at radius 1 is 1.41 bits per heavy atom. The maximum atomic E-state index is 15.0. The molecule has 2 heterocycles. The molecule has 0 saturated heterocycles. The lowest BCUT2D eigenvalue weighted by Gasteiger charge is -2.33. The summed E-state index contributed by atoms with van der Waals surface area (Å²) in [5.41, 5.74) is 3.37. The molecular weight excluding hydrogens is 409 g/mol. The highest BCUT2D eigenvalue weighted by Gasteiger charge is 2.64. The first-order chi connectivity index (χ1) is 13.7. The molecule has 1 fully saturated rings. The summed E-state index contributed by atoms with van der Waals surface area (Å²) in [7, 11) is 0. The number of nitrogens with two attached hydrogens (primary N) is 1. The summed E-state index contributed by atoms with van der Waals surface area (Å²) in [5, 5.41) is 2.91. The van der Waals surface area contributed by atoms with Gasteiger partial charge in [-0.3, -0.25) is 4.79 Å². The number of hydrogen-bond acceptors (Lipinski definition) is 5. The number of carbonyl (C=O) groups excluding carboxylic acids is 1. The van der Waals surface area contributed by atoms with Crippen molar-refractivity contribution in [1.29, 1.82) is 0 Å². The number of aliphatic imine (C=N–C) groups is 1. The molecule has 2 aromatic rings. The van der Waals surface area contributed by atoms with Gasteiger partial charge in [0.05, 0.1) is 5.02 Å². The van der Waals surface area contributed by atoms with Crippen LogP contribution in [0.2, 0.25) is 5.02 Å². The lowest BCUT2D eigenvalue weighted by Crippen LogP contribution is -2.43. The molecule has 1 aromatic heterocycles. The number of fused-ring (bicyclic) bond motifs is 1. The molecule has 3 N–H and O–H groups in total. The van der Waals surface area contributed by atoms with Crippen LogP contribution >= 0.6 is 11.6 Å². The maximum Gasteiger partial charge on any atom is 0.283 e. The average Bonchev–Trinajstić information content (AvgIpc) is 3.43. The largest absolute Gasteiger partial charge is 0.462 e. The molecule has 0 bridgehead atoms. The van der Waals surface area contributed by atoms with Crippen molar-refractivity contribution < 1.29 is 22.7 Å². The number of aryl methyl sites for hydroxylation is 1. The van der Waals surface area contributed by atoms with E-state index in [2.05, 4.69) is 15.3 Å². The molecule has 152 valence electrons. The standard InChI is InChI=1S/C19H16ClF3N4O2/c1-8-4-10(26-16(28)13-3-2-9(20)7-25-13)5-12(15(8)21)19(17(22)23)11-6-14(11)29-18(24)27-19/h2-5,7,11,14,17H,6H2,1H3,(H2,24,27)(H,26,28)/t11?,14-,19+/m1/s1. The molecule has 1 aliphatic carbocycles. The van der Waals surface area contributed by atoms with Crippen molar-refractivity contribution >= 4 is 29.2 Å². The second-order valence-corrected chi connectivity index (χ2v) is 7.48. The van der Waals surface area contributed by atoms with E-state index in [9.17, 15) is 18.0 Å². The molecule has 1 amide bonds. The Hall–Kier alpha value is -2.81. The number of hydrogen-bond donors (Lipinski definition) is 2. The molecule has 2 aliphatic rings. The molecule has 6 nitrogen and oxygen atoms in total. The Balaban J connectivity index is 1.75. The zero-order valence-electron chi connectivity index (χ0n) is 15.1. The van der Waals surface area contributed by atoms with Crippen LogP contribution in [0.5, 0.6) is 0 Å². The fourth-order valence-electron chi connectivity index (χ4n) is 3.64. The molecule has 4 rings (SSSR count). The molecular formula is C19H16ClF3N4O2. The van der Waals surface area contributed by atoms with Crippen molar-refractivity contribution in [2.75, 3.05) is 5.32 Å². The molecule has 0 spiro atoms. The number of benzene rings is 1. The van der Waals surface area contributed by atoms with E-state index in [-0.39, 0.29) is 28.9 Å². The SMILES string of the molecule is Cc1cc(NC(=O)c2ccc(Cl)cn2)cc([C@@]2(C(F)F)N=C(N)O[C@@H]3CC32)c1F. The van der Waals surface area contributed by atoms with Gasteiger partial charge in [0.15, 0.2) is 5.54 Å². The minimum Gasteiger partial charge on any atom is -0.462 e.